The Morgan fingerprint density at radius 1 is 0.962 bits per heavy atom. The van der Waals surface area contributed by atoms with Crippen molar-refractivity contribution in [1.29, 1.82) is 0 Å². The molecule has 0 saturated heterocycles. The molecule has 2 atom stereocenters. The maximum atomic E-state index is 12.3. The van der Waals surface area contributed by atoms with Gasteiger partial charge in [-0.1, -0.05) is 66.2 Å². The minimum Gasteiger partial charge on any atom is -0.377 e. The van der Waals surface area contributed by atoms with Gasteiger partial charge in [0, 0.05) is 16.6 Å². The van der Waals surface area contributed by atoms with E-state index in [1.807, 2.05) is 36.4 Å². The zero-order valence-electron chi connectivity index (χ0n) is 14.6. The molecule has 130 valence electrons. The summed E-state index contributed by atoms with van der Waals surface area (Å²) < 4.78 is 0. The van der Waals surface area contributed by atoms with E-state index in [1.54, 1.807) is 6.92 Å². The molecule has 0 aromatic heterocycles. The molecule has 1 N–H and O–H groups in total. The maximum Gasteiger partial charge on any atom is 0.135 e. The van der Waals surface area contributed by atoms with Crippen LogP contribution in [0.5, 0.6) is 0 Å². The molecular weight excluding hydrogens is 342 g/mol. The van der Waals surface area contributed by atoms with Gasteiger partial charge in [0.15, 0.2) is 0 Å². The summed E-state index contributed by atoms with van der Waals surface area (Å²) in [5, 5.41) is 4.26. The number of halogens is 1. The Labute approximate surface area is 158 Å². The topological polar surface area (TPSA) is 29.1 Å². The Hall–Kier alpha value is -2.58. The summed E-state index contributed by atoms with van der Waals surface area (Å²) in [5.41, 5.74) is 5.67. The van der Waals surface area contributed by atoms with Crippen molar-refractivity contribution < 1.29 is 4.79 Å². The van der Waals surface area contributed by atoms with Gasteiger partial charge in [-0.15, -0.1) is 0 Å². The lowest BCUT2D eigenvalue weighted by molar-refractivity contribution is -0.121. The fourth-order valence-electron chi connectivity index (χ4n) is 3.70. The lowest BCUT2D eigenvalue weighted by Gasteiger charge is -2.34. The molecule has 0 fully saturated rings. The van der Waals surface area contributed by atoms with Gasteiger partial charge < -0.3 is 5.32 Å². The van der Waals surface area contributed by atoms with E-state index in [0.29, 0.717) is 11.4 Å². The van der Waals surface area contributed by atoms with E-state index in [9.17, 15) is 4.79 Å². The molecule has 1 heterocycles. The van der Waals surface area contributed by atoms with Gasteiger partial charge in [0.1, 0.15) is 5.78 Å². The molecule has 3 heteroatoms. The Morgan fingerprint density at radius 3 is 2.35 bits per heavy atom. The molecule has 1 aliphatic rings. The molecule has 3 aromatic rings. The summed E-state index contributed by atoms with van der Waals surface area (Å²) in [4.78, 5) is 12.3. The van der Waals surface area contributed by atoms with Gasteiger partial charge in [-0.25, -0.2) is 0 Å². The second kappa shape index (κ2) is 6.97. The average Bonchev–Trinajstić information content (AvgIpc) is 2.67. The first-order valence-corrected chi connectivity index (χ1v) is 9.20. The standard InChI is InChI=1S/C23H20ClNO/c1-15(26)21-14-19-13-20(24)11-12-22(19)25-23(21)18-9-7-17(8-10-18)16-5-3-2-4-6-16/h2-13,21,23,25H,14H2,1H3/t21-,23+/m1/s1. The third-order valence-corrected chi connectivity index (χ3v) is 5.35. The van der Waals surface area contributed by atoms with Crippen LogP contribution in [-0.4, -0.2) is 5.78 Å². The summed E-state index contributed by atoms with van der Waals surface area (Å²) >= 11 is 6.12. The second-order valence-electron chi connectivity index (χ2n) is 6.83. The number of fused-ring (bicyclic) bond motifs is 1. The van der Waals surface area contributed by atoms with E-state index < -0.39 is 0 Å². The highest BCUT2D eigenvalue weighted by Gasteiger charge is 2.32. The van der Waals surface area contributed by atoms with E-state index in [-0.39, 0.29) is 17.7 Å². The van der Waals surface area contributed by atoms with Gasteiger partial charge in [0.2, 0.25) is 0 Å². The first-order valence-electron chi connectivity index (χ1n) is 8.82. The predicted octanol–water partition coefficient (Wildman–Crippen LogP) is 5.92. The van der Waals surface area contributed by atoms with E-state index in [2.05, 4.69) is 41.7 Å². The maximum absolute atomic E-state index is 12.3. The van der Waals surface area contributed by atoms with Crippen molar-refractivity contribution in [1.82, 2.24) is 0 Å². The van der Waals surface area contributed by atoms with Crippen LogP contribution in [0.25, 0.3) is 11.1 Å². The SMILES string of the molecule is CC(=O)[C@H]1Cc2cc(Cl)ccc2N[C@H]1c1ccc(-c2ccccc2)cc1. The van der Waals surface area contributed by atoms with Gasteiger partial charge in [0.25, 0.3) is 0 Å². The Morgan fingerprint density at radius 2 is 1.65 bits per heavy atom. The molecule has 2 nitrogen and oxygen atoms in total. The lowest BCUT2D eigenvalue weighted by atomic mass is 9.81. The number of ketones is 1. The molecule has 3 aromatic carbocycles. The molecule has 0 bridgehead atoms. The first-order chi connectivity index (χ1) is 12.6. The van der Waals surface area contributed by atoms with Crippen LogP contribution in [0.4, 0.5) is 5.69 Å². The molecule has 0 spiro atoms. The van der Waals surface area contributed by atoms with Crippen molar-refractivity contribution in [2.24, 2.45) is 5.92 Å². The fraction of sp³-hybridized carbons (Fsp3) is 0.174. The van der Waals surface area contributed by atoms with Crippen molar-refractivity contribution in [2.45, 2.75) is 19.4 Å². The molecule has 1 aliphatic heterocycles. The van der Waals surface area contributed by atoms with Crippen LogP contribution in [0.15, 0.2) is 72.8 Å². The highest BCUT2D eigenvalue weighted by Crippen LogP contribution is 2.38. The van der Waals surface area contributed by atoms with Crippen LogP contribution < -0.4 is 5.32 Å². The minimum atomic E-state index is -0.0939. The van der Waals surface area contributed by atoms with Gasteiger partial charge in [0.05, 0.1) is 6.04 Å². The number of Topliss-reactive ketones (excluding diaryl/α,β-unsaturated/α-hetero) is 1. The summed E-state index contributed by atoms with van der Waals surface area (Å²) in [6.45, 7) is 1.67. The zero-order valence-corrected chi connectivity index (χ0v) is 15.3. The monoisotopic (exact) mass is 361 g/mol. The molecular formula is C23H20ClNO. The molecule has 26 heavy (non-hydrogen) atoms. The smallest absolute Gasteiger partial charge is 0.135 e. The quantitative estimate of drug-likeness (QED) is 0.627. The molecule has 0 unspecified atom stereocenters. The van der Waals surface area contributed by atoms with Crippen molar-refractivity contribution in [3.05, 3.63) is 88.9 Å². The Balaban J connectivity index is 1.67. The van der Waals surface area contributed by atoms with Crippen molar-refractivity contribution in [2.75, 3.05) is 5.32 Å². The minimum absolute atomic E-state index is 0.0222. The summed E-state index contributed by atoms with van der Waals surface area (Å²) in [6, 6.07) is 24.6. The van der Waals surface area contributed by atoms with Crippen LogP contribution in [0.3, 0.4) is 0 Å². The number of carbonyl (C=O) groups excluding carboxylic acids is 1. The molecule has 4 rings (SSSR count). The zero-order chi connectivity index (χ0) is 18.1. The number of rotatable bonds is 3. The highest BCUT2D eigenvalue weighted by atomic mass is 35.5. The van der Waals surface area contributed by atoms with Crippen LogP contribution in [0.2, 0.25) is 5.02 Å². The van der Waals surface area contributed by atoms with Gasteiger partial charge in [-0.05, 0) is 53.8 Å². The first kappa shape index (κ1) is 16.9. The van der Waals surface area contributed by atoms with Gasteiger partial charge in [-0.2, -0.15) is 0 Å². The molecule has 0 saturated carbocycles. The number of hydrogen-bond acceptors (Lipinski definition) is 2. The Kier molecular flexibility index (Phi) is 4.52. The van der Waals surface area contributed by atoms with Crippen molar-refractivity contribution in [3.63, 3.8) is 0 Å². The molecule has 0 aliphatic carbocycles. The largest absolute Gasteiger partial charge is 0.377 e. The van der Waals surface area contributed by atoms with E-state index >= 15 is 0 Å². The van der Waals surface area contributed by atoms with Gasteiger partial charge in [-0.3, -0.25) is 4.79 Å². The van der Waals surface area contributed by atoms with Crippen LogP contribution in [-0.2, 0) is 11.2 Å². The highest BCUT2D eigenvalue weighted by molar-refractivity contribution is 6.30. The average molecular weight is 362 g/mol. The van der Waals surface area contributed by atoms with Crippen LogP contribution in [0, 0.1) is 5.92 Å². The van der Waals surface area contributed by atoms with E-state index in [1.165, 1.54) is 11.1 Å². The number of anilines is 1. The summed E-state index contributed by atoms with van der Waals surface area (Å²) in [6.07, 6.45) is 0.712. The molecule has 0 amide bonds. The number of hydrogen-bond donors (Lipinski definition) is 1. The predicted molar refractivity (Wildman–Crippen MR) is 108 cm³/mol. The number of nitrogens with one attached hydrogen (secondary N) is 1. The van der Waals surface area contributed by atoms with Gasteiger partial charge >= 0.3 is 0 Å². The second-order valence-corrected chi connectivity index (χ2v) is 7.27. The summed E-state index contributed by atoms with van der Waals surface area (Å²) in [5.74, 6) is 0.101. The van der Waals surface area contributed by atoms with Crippen molar-refractivity contribution in [3.8, 4) is 11.1 Å². The third kappa shape index (κ3) is 3.25. The Bertz CT molecular complexity index is 934. The lowest BCUT2D eigenvalue weighted by Crippen LogP contribution is -2.32. The third-order valence-electron chi connectivity index (χ3n) is 5.12. The normalized spacial score (nSPS) is 18.7. The van der Waals surface area contributed by atoms with Crippen molar-refractivity contribution >= 4 is 23.1 Å². The number of benzene rings is 3. The fourth-order valence-corrected chi connectivity index (χ4v) is 3.90. The van der Waals surface area contributed by atoms with E-state index in [0.717, 1.165) is 16.8 Å². The summed E-state index contributed by atoms with van der Waals surface area (Å²) in [7, 11) is 0. The number of carbonyl (C=O) groups is 1. The van der Waals surface area contributed by atoms with Crippen LogP contribution >= 0.6 is 11.6 Å². The van der Waals surface area contributed by atoms with E-state index in [4.69, 9.17) is 11.6 Å². The molecule has 0 radical (unpaired) electrons. The van der Waals surface area contributed by atoms with Crippen LogP contribution in [0.1, 0.15) is 24.1 Å².